The molecule has 24 heavy (non-hydrogen) atoms. The van der Waals surface area contributed by atoms with Crippen LogP contribution in [0.3, 0.4) is 0 Å². The van der Waals surface area contributed by atoms with Crippen molar-refractivity contribution in [1.82, 2.24) is 4.98 Å². The molecule has 0 atom stereocenters. The number of amides is 1. The SMILES string of the molecule is Cc1ccc(CC(=O)Nc2nc(-c3cc(C)ccc3C)cs2)cc1. The van der Waals surface area contributed by atoms with Crippen LogP contribution in [0.4, 0.5) is 5.13 Å². The molecule has 0 unspecified atom stereocenters. The molecule has 1 heterocycles. The summed E-state index contributed by atoms with van der Waals surface area (Å²) in [5, 5.41) is 5.53. The largest absolute Gasteiger partial charge is 0.302 e. The maximum Gasteiger partial charge on any atom is 0.230 e. The van der Waals surface area contributed by atoms with Gasteiger partial charge in [-0.05, 0) is 38.0 Å². The molecule has 0 saturated carbocycles. The summed E-state index contributed by atoms with van der Waals surface area (Å²) in [5.41, 5.74) is 6.61. The van der Waals surface area contributed by atoms with Gasteiger partial charge in [-0.25, -0.2) is 4.98 Å². The lowest BCUT2D eigenvalue weighted by molar-refractivity contribution is -0.115. The number of hydrogen-bond acceptors (Lipinski definition) is 3. The highest BCUT2D eigenvalue weighted by molar-refractivity contribution is 7.14. The molecule has 1 aromatic heterocycles. The quantitative estimate of drug-likeness (QED) is 0.735. The Morgan fingerprint density at radius 2 is 1.75 bits per heavy atom. The number of anilines is 1. The minimum atomic E-state index is -0.0410. The molecule has 0 fully saturated rings. The first-order valence-electron chi connectivity index (χ1n) is 7.90. The first kappa shape index (κ1) is 16.4. The average Bonchev–Trinajstić information content (AvgIpc) is 3.00. The maximum absolute atomic E-state index is 12.2. The minimum Gasteiger partial charge on any atom is -0.302 e. The molecular formula is C20H20N2OS. The predicted octanol–water partition coefficient (Wildman–Crippen LogP) is 4.92. The highest BCUT2D eigenvalue weighted by Crippen LogP contribution is 2.28. The van der Waals surface area contributed by atoms with Gasteiger partial charge in [-0.2, -0.15) is 0 Å². The summed E-state index contributed by atoms with van der Waals surface area (Å²) in [6.07, 6.45) is 0.360. The van der Waals surface area contributed by atoms with E-state index < -0.39 is 0 Å². The van der Waals surface area contributed by atoms with Gasteiger partial charge >= 0.3 is 0 Å². The molecule has 122 valence electrons. The number of aromatic nitrogens is 1. The molecule has 0 spiro atoms. The number of thiazole rings is 1. The number of aryl methyl sites for hydroxylation is 3. The monoisotopic (exact) mass is 336 g/mol. The standard InChI is InChI=1S/C20H20N2OS/c1-13-5-8-16(9-6-13)11-19(23)22-20-21-18(12-24-20)17-10-14(2)4-7-15(17)3/h4-10,12H,11H2,1-3H3,(H,21,22,23). The molecule has 1 N–H and O–H groups in total. The van der Waals surface area contributed by atoms with E-state index in [9.17, 15) is 4.79 Å². The summed E-state index contributed by atoms with van der Waals surface area (Å²) in [7, 11) is 0. The topological polar surface area (TPSA) is 42.0 Å². The summed E-state index contributed by atoms with van der Waals surface area (Å²) in [4.78, 5) is 16.8. The van der Waals surface area contributed by atoms with E-state index in [1.807, 2.05) is 36.6 Å². The average molecular weight is 336 g/mol. The van der Waals surface area contributed by atoms with Crippen LogP contribution in [0.15, 0.2) is 47.8 Å². The van der Waals surface area contributed by atoms with E-state index in [1.165, 1.54) is 28.0 Å². The van der Waals surface area contributed by atoms with Crippen LogP contribution in [0.5, 0.6) is 0 Å². The summed E-state index contributed by atoms with van der Waals surface area (Å²) in [5.74, 6) is -0.0410. The molecule has 3 rings (SSSR count). The van der Waals surface area contributed by atoms with Crippen molar-refractivity contribution in [3.05, 3.63) is 70.1 Å². The maximum atomic E-state index is 12.2. The van der Waals surface area contributed by atoms with Crippen LogP contribution in [-0.2, 0) is 11.2 Å². The lowest BCUT2D eigenvalue weighted by Gasteiger charge is -2.04. The number of rotatable bonds is 4. The van der Waals surface area contributed by atoms with Crippen LogP contribution in [-0.4, -0.2) is 10.9 Å². The molecule has 4 heteroatoms. The number of carbonyl (C=O) groups is 1. The van der Waals surface area contributed by atoms with E-state index in [1.54, 1.807) is 0 Å². The van der Waals surface area contributed by atoms with Crippen molar-refractivity contribution in [1.29, 1.82) is 0 Å². The zero-order valence-electron chi connectivity index (χ0n) is 14.1. The van der Waals surface area contributed by atoms with Crippen molar-refractivity contribution in [3.8, 4) is 11.3 Å². The molecule has 3 nitrogen and oxygen atoms in total. The van der Waals surface area contributed by atoms with Crippen molar-refractivity contribution in [2.24, 2.45) is 0 Å². The van der Waals surface area contributed by atoms with E-state index in [-0.39, 0.29) is 5.91 Å². The van der Waals surface area contributed by atoms with Crippen LogP contribution in [0, 0.1) is 20.8 Å². The second-order valence-electron chi connectivity index (χ2n) is 6.07. The Morgan fingerprint density at radius 3 is 2.50 bits per heavy atom. The van der Waals surface area contributed by atoms with Gasteiger partial charge in [0.2, 0.25) is 5.91 Å². The van der Waals surface area contributed by atoms with Gasteiger partial charge in [-0.15, -0.1) is 11.3 Å². The molecule has 0 saturated heterocycles. The molecule has 3 aromatic rings. The first-order chi connectivity index (χ1) is 11.5. The van der Waals surface area contributed by atoms with E-state index in [0.717, 1.165) is 16.8 Å². The number of carbonyl (C=O) groups excluding carboxylic acids is 1. The Bertz CT molecular complexity index is 866. The van der Waals surface area contributed by atoms with Gasteiger partial charge in [-0.1, -0.05) is 47.5 Å². The van der Waals surface area contributed by atoms with E-state index in [2.05, 4.69) is 42.3 Å². The Labute approximate surface area is 146 Å². The summed E-state index contributed by atoms with van der Waals surface area (Å²) >= 11 is 1.46. The minimum absolute atomic E-state index is 0.0410. The van der Waals surface area contributed by atoms with Crippen molar-refractivity contribution in [2.75, 3.05) is 5.32 Å². The van der Waals surface area contributed by atoms with Gasteiger partial charge in [0.05, 0.1) is 12.1 Å². The van der Waals surface area contributed by atoms with Crippen LogP contribution >= 0.6 is 11.3 Å². The third kappa shape index (κ3) is 3.89. The smallest absolute Gasteiger partial charge is 0.230 e. The van der Waals surface area contributed by atoms with Gasteiger partial charge in [0.15, 0.2) is 5.13 Å². The number of hydrogen-bond donors (Lipinski definition) is 1. The fraction of sp³-hybridized carbons (Fsp3) is 0.200. The van der Waals surface area contributed by atoms with Gasteiger partial charge in [-0.3, -0.25) is 4.79 Å². The highest BCUT2D eigenvalue weighted by atomic mass is 32.1. The molecule has 0 aliphatic carbocycles. The summed E-state index contributed by atoms with van der Waals surface area (Å²) in [6, 6.07) is 14.3. The van der Waals surface area contributed by atoms with Gasteiger partial charge in [0, 0.05) is 10.9 Å². The fourth-order valence-corrected chi connectivity index (χ4v) is 3.25. The van der Waals surface area contributed by atoms with Crippen LogP contribution in [0.2, 0.25) is 0 Å². The lowest BCUT2D eigenvalue weighted by Crippen LogP contribution is -2.14. The Balaban J connectivity index is 1.70. The fourth-order valence-electron chi connectivity index (χ4n) is 2.52. The van der Waals surface area contributed by atoms with Crippen molar-refractivity contribution in [3.63, 3.8) is 0 Å². The number of nitrogens with zero attached hydrogens (tertiary/aromatic N) is 1. The molecule has 0 aliphatic heterocycles. The second kappa shape index (κ2) is 6.97. The van der Waals surface area contributed by atoms with E-state index in [0.29, 0.717) is 11.6 Å². The van der Waals surface area contributed by atoms with Crippen molar-refractivity contribution in [2.45, 2.75) is 27.2 Å². The molecule has 2 aromatic carbocycles. The highest BCUT2D eigenvalue weighted by Gasteiger charge is 2.10. The summed E-state index contributed by atoms with van der Waals surface area (Å²) in [6.45, 7) is 6.18. The third-order valence-corrected chi connectivity index (χ3v) is 4.66. The third-order valence-electron chi connectivity index (χ3n) is 3.90. The van der Waals surface area contributed by atoms with Gasteiger partial charge in [0.25, 0.3) is 0 Å². The van der Waals surface area contributed by atoms with Crippen molar-refractivity contribution >= 4 is 22.4 Å². The second-order valence-corrected chi connectivity index (χ2v) is 6.92. The Kier molecular flexibility index (Phi) is 4.76. The number of nitrogens with one attached hydrogen (secondary N) is 1. The van der Waals surface area contributed by atoms with Crippen LogP contribution in [0.1, 0.15) is 22.3 Å². The van der Waals surface area contributed by atoms with Crippen LogP contribution < -0.4 is 5.32 Å². The predicted molar refractivity (Wildman–Crippen MR) is 101 cm³/mol. The normalized spacial score (nSPS) is 10.6. The molecule has 0 radical (unpaired) electrons. The van der Waals surface area contributed by atoms with E-state index >= 15 is 0 Å². The zero-order valence-corrected chi connectivity index (χ0v) is 14.9. The van der Waals surface area contributed by atoms with Crippen LogP contribution in [0.25, 0.3) is 11.3 Å². The molecule has 0 aliphatic rings. The zero-order chi connectivity index (χ0) is 17.1. The van der Waals surface area contributed by atoms with E-state index in [4.69, 9.17) is 0 Å². The first-order valence-corrected chi connectivity index (χ1v) is 8.78. The Hall–Kier alpha value is -2.46. The molecular weight excluding hydrogens is 316 g/mol. The molecule has 0 bridgehead atoms. The lowest BCUT2D eigenvalue weighted by atomic mass is 10.0. The number of benzene rings is 2. The summed E-state index contributed by atoms with van der Waals surface area (Å²) < 4.78 is 0. The van der Waals surface area contributed by atoms with Crippen molar-refractivity contribution < 1.29 is 4.79 Å². The Morgan fingerprint density at radius 1 is 1.04 bits per heavy atom. The molecule has 1 amide bonds. The van der Waals surface area contributed by atoms with Gasteiger partial charge < -0.3 is 5.32 Å². The van der Waals surface area contributed by atoms with Gasteiger partial charge in [0.1, 0.15) is 0 Å².